The Morgan fingerprint density at radius 1 is 0.430 bits per heavy atom. The zero-order chi connectivity index (χ0) is 68.2. The summed E-state index contributed by atoms with van der Waals surface area (Å²) in [6, 6.07) is -2.93. The monoisotopic (exact) mass is 1340 g/mol. The molecule has 16 N–H and O–H groups in total. The lowest BCUT2D eigenvalue weighted by Gasteiger charge is -2.48. The third-order valence-corrected chi connectivity index (χ3v) is 18.8. The number of aliphatic hydroxyl groups is 14. The molecular weight excluding hydrogens is 1220 g/mol. The van der Waals surface area contributed by atoms with Gasteiger partial charge in [0.2, 0.25) is 11.8 Å². The largest absolute Gasteiger partial charge is 0.394 e. The molecule has 24 atom stereocenters. The molecule has 4 aliphatic heterocycles. The van der Waals surface area contributed by atoms with Gasteiger partial charge in [-0.25, -0.2) is 0 Å². The van der Waals surface area contributed by atoms with Gasteiger partial charge in [-0.3, -0.25) is 9.59 Å². The summed E-state index contributed by atoms with van der Waals surface area (Å²) in [5.74, 6) is -1.55. The van der Waals surface area contributed by atoms with Gasteiger partial charge in [0.15, 0.2) is 25.2 Å². The number of amides is 2. The molecule has 4 saturated heterocycles. The van der Waals surface area contributed by atoms with Crippen molar-refractivity contribution in [3.63, 3.8) is 0 Å². The number of ether oxygens (including phenoxy) is 8. The van der Waals surface area contributed by atoms with Gasteiger partial charge in [0.05, 0.1) is 44.7 Å². The number of unbranched alkanes of at least 4 members (excludes halogenated alkanes) is 29. The smallest absolute Gasteiger partial charge is 0.249 e. The minimum atomic E-state index is -2.10. The molecule has 0 aromatic carbocycles. The van der Waals surface area contributed by atoms with Gasteiger partial charge in [0.1, 0.15) is 104 Å². The average Bonchev–Trinajstić information content (AvgIpc) is 0.793. The zero-order valence-corrected chi connectivity index (χ0v) is 56.4. The number of hydrogen-bond donors (Lipinski definition) is 16. The first-order chi connectivity index (χ1) is 44.7. The van der Waals surface area contributed by atoms with E-state index < -0.39 is 185 Å². The Morgan fingerprint density at radius 3 is 1.30 bits per heavy atom. The Labute approximate surface area is 552 Å². The molecule has 0 spiro atoms. The van der Waals surface area contributed by atoms with Crippen molar-refractivity contribution < 1.29 is 119 Å². The summed E-state index contributed by atoms with van der Waals surface area (Å²) in [7, 11) is 0. The Balaban J connectivity index is 1.37. The van der Waals surface area contributed by atoms with Crippen LogP contribution in [0.5, 0.6) is 0 Å². The van der Waals surface area contributed by atoms with Crippen LogP contribution in [-0.2, 0) is 47.5 Å². The van der Waals surface area contributed by atoms with Crippen molar-refractivity contribution in [3.05, 3.63) is 0 Å². The first-order valence-corrected chi connectivity index (χ1v) is 35.8. The Kier molecular flexibility index (Phi) is 42.3. The normalized spacial score (nSPS) is 33.1. The maximum absolute atomic E-state index is 13.7. The highest BCUT2D eigenvalue weighted by atomic mass is 16.8. The molecule has 93 heavy (non-hydrogen) atoms. The second kappa shape index (κ2) is 47.2. The van der Waals surface area contributed by atoms with Crippen molar-refractivity contribution in [2.24, 2.45) is 0 Å². The van der Waals surface area contributed by atoms with Gasteiger partial charge in [-0.15, -0.1) is 0 Å². The van der Waals surface area contributed by atoms with E-state index in [0.29, 0.717) is 12.8 Å². The third kappa shape index (κ3) is 29.0. The number of nitrogens with one attached hydrogen (secondary N) is 2. The SMILES string of the molecule is CCCCCCCCCCCCCCCCCCCCCCC[C@@H](O)C(=O)N[C@@H](CO[C@H]1O[C@H](CO)[C@H](O)[C@H](O)[C@H]1O[C@H]1O[C@H](CO[C@@H]2O[C@H](CO)[C@H](O)[C@H](O[C@@H]3O[C@@H](C)[C@H](O)[C@@H](O)[C@H]3O)[C@H]2NC(C)=O)[C@H](O)[C@H](O)[C@H]1O)[C@H](O)[C@H](O)CCCCCCCCCCCC. The van der Waals surface area contributed by atoms with Crippen molar-refractivity contribution in [1.29, 1.82) is 0 Å². The molecule has 26 heteroatoms. The van der Waals surface area contributed by atoms with E-state index in [2.05, 4.69) is 24.5 Å². The maximum atomic E-state index is 13.7. The topological polar surface area (TPSA) is 415 Å². The molecule has 548 valence electrons. The minimum absolute atomic E-state index is 0.124. The summed E-state index contributed by atoms with van der Waals surface area (Å²) in [5.41, 5.74) is 0. The summed E-state index contributed by atoms with van der Waals surface area (Å²) in [4.78, 5) is 26.3. The van der Waals surface area contributed by atoms with E-state index in [1.807, 2.05) is 0 Å². The Morgan fingerprint density at radius 2 is 0.828 bits per heavy atom. The van der Waals surface area contributed by atoms with Crippen LogP contribution in [0.4, 0.5) is 0 Å². The molecule has 0 saturated carbocycles. The molecule has 26 nitrogen and oxygen atoms in total. The predicted octanol–water partition coefficient (Wildman–Crippen LogP) is 2.93. The van der Waals surface area contributed by atoms with Crippen LogP contribution in [0.1, 0.15) is 240 Å². The molecule has 2 amide bonds. The van der Waals surface area contributed by atoms with Crippen LogP contribution in [0, 0.1) is 0 Å². The molecule has 0 aromatic heterocycles. The number of carbonyl (C=O) groups excluding carboxylic acids is 2. The van der Waals surface area contributed by atoms with Gasteiger partial charge in [0, 0.05) is 6.92 Å². The first kappa shape index (κ1) is 83.5. The summed E-state index contributed by atoms with van der Waals surface area (Å²) >= 11 is 0. The summed E-state index contributed by atoms with van der Waals surface area (Å²) in [6.07, 6.45) is -1.70. The van der Waals surface area contributed by atoms with E-state index in [4.69, 9.17) is 37.9 Å². The fourth-order valence-corrected chi connectivity index (χ4v) is 12.8. The standard InChI is InChI=1S/C67H126N2O24/c1-5-7-9-11-13-15-17-18-19-20-21-22-23-24-25-26-27-29-31-33-35-37-46(74)63(85)69-44(52(76)45(73)36-34-32-30-28-16-14-12-10-8-6-2)40-86-67-62(58(82)53(77)47(38-70)90-67)93-66-60(84)57(81)54(78)49(91-66)41-87-64-50(68-43(4)72)61(55(79)48(39-71)89-64)92-65-59(83)56(80)51(75)42(3)88-65/h42,44-62,64-67,70-71,73-84H,5-41H2,1-4H3,(H,68,72)(H,69,85)/t42-,44-,45+,46+,47+,48+,49+,50+,51-,52-,53-,54-,55-,56+,57-,58-,59+,60+,61+,62+,64+,65-,66+,67-/m0/s1. The van der Waals surface area contributed by atoms with Crippen LogP contribution in [0.25, 0.3) is 0 Å². The van der Waals surface area contributed by atoms with E-state index in [0.717, 1.165) is 64.7 Å². The molecule has 0 radical (unpaired) electrons. The Hall–Kier alpha value is -1.94. The fraction of sp³-hybridized carbons (Fsp3) is 0.970. The summed E-state index contributed by atoms with van der Waals surface area (Å²) < 4.78 is 47.1. The number of aliphatic hydroxyl groups excluding tert-OH is 14. The van der Waals surface area contributed by atoms with Crippen LogP contribution in [-0.4, -0.2) is 257 Å². The van der Waals surface area contributed by atoms with Gasteiger partial charge in [-0.2, -0.15) is 0 Å². The van der Waals surface area contributed by atoms with Crippen molar-refractivity contribution in [3.8, 4) is 0 Å². The van der Waals surface area contributed by atoms with Crippen molar-refractivity contribution in [1.82, 2.24) is 10.6 Å². The highest BCUT2D eigenvalue weighted by Crippen LogP contribution is 2.34. The zero-order valence-electron chi connectivity index (χ0n) is 56.4. The molecule has 0 aromatic rings. The second-order valence-electron chi connectivity index (χ2n) is 26.7. The lowest BCUT2D eigenvalue weighted by atomic mass is 9.95. The molecular formula is C67H126N2O24. The van der Waals surface area contributed by atoms with Crippen LogP contribution in [0.3, 0.4) is 0 Å². The van der Waals surface area contributed by atoms with Crippen molar-refractivity contribution in [2.45, 2.75) is 387 Å². The quantitative estimate of drug-likeness (QED) is 0.0389. The lowest BCUT2D eigenvalue weighted by molar-refractivity contribution is -0.373. The maximum Gasteiger partial charge on any atom is 0.249 e. The Bertz CT molecular complexity index is 1920. The fourth-order valence-electron chi connectivity index (χ4n) is 12.8. The van der Waals surface area contributed by atoms with E-state index in [1.165, 1.54) is 135 Å². The first-order valence-electron chi connectivity index (χ1n) is 35.8. The highest BCUT2D eigenvalue weighted by molar-refractivity contribution is 5.80. The molecule has 4 rings (SSSR count). The van der Waals surface area contributed by atoms with Gasteiger partial charge in [-0.1, -0.05) is 213 Å². The van der Waals surface area contributed by atoms with Gasteiger partial charge in [-0.05, 0) is 19.8 Å². The van der Waals surface area contributed by atoms with E-state index in [9.17, 15) is 81.1 Å². The van der Waals surface area contributed by atoms with Crippen LogP contribution in [0.15, 0.2) is 0 Å². The van der Waals surface area contributed by atoms with Gasteiger partial charge in [0.25, 0.3) is 0 Å². The third-order valence-electron chi connectivity index (χ3n) is 18.8. The van der Waals surface area contributed by atoms with Crippen LogP contribution < -0.4 is 10.6 Å². The van der Waals surface area contributed by atoms with Crippen molar-refractivity contribution >= 4 is 11.8 Å². The molecule has 0 aliphatic carbocycles. The van der Waals surface area contributed by atoms with E-state index >= 15 is 0 Å². The molecule has 4 aliphatic rings. The predicted molar refractivity (Wildman–Crippen MR) is 341 cm³/mol. The van der Waals surface area contributed by atoms with Gasteiger partial charge < -0.3 is 120 Å². The summed E-state index contributed by atoms with van der Waals surface area (Å²) in [6.45, 7) is 3.77. The van der Waals surface area contributed by atoms with E-state index in [-0.39, 0.29) is 12.8 Å². The molecule has 0 unspecified atom stereocenters. The molecule has 4 heterocycles. The second-order valence-corrected chi connectivity index (χ2v) is 26.7. The minimum Gasteiger partial charge on any atom is -0.394 e. The van der Waals surface area contributed by atoms with Crippen LogP contribution in [0.2, 0.25) is 0 Å². The molecule has 4 fully saturated rings. The summed E-state index contributed by atoms with van der Waals surface area (Å²) in [5, 5.41) is 159. The average molecular weight is 1340 g/mol. The van der Waals surface area contributed by atoms with Gasteiger partial charge >= 0.3 is 0 Å². The van der Waals surface area contributed by atoms with Crippen molar-refractivity contribution in [2.75, 3.05) is 26.4 Å². The number of hydrogen-bond acceptors (Lipinski definition) is 24. The highest BCUT2D eigenvalue weighted by Gasteiger charge is 2.54. The number of rotatable bonds is 50. The van der Waals surface area contributed by atoms with Crippen LogP contribution >= 0.6 is 0 Å². The lowest BCUT2D eigenvalue weighted by Crippen LogP contribution is -2.68. The van der Waals surface area contributed by atoms with E-state index in [1.54, 1.807) is 0 Å². The molecule has 0 bridgehead atoms. The number of carbonyl (C=O) groups is 2.